The largest absolute Gasteiger partial charge is 0.316 e. The first kappa shape index (κ1) is 15.4. The van der Waals surface area contributed by atoms with Crippen LogP contribution in [0.3, 0.4) is 0 Å². The van der Waals surface area contributed by atoms with E-state index in [2.05, 4.69) is 10.2 Å². The van der Waals surface area contributed by atoms with Gasteiger partial charge in [-0.15, -0.1) is 0 Å². The average Bonchev–Trinajstić information content (AvgIpc) is 2.39. The Bertz CT molecular complexity index is 537. The van der Waals surface area contributed by atoms with Crippen LogP contribution in [0.1, 0.15) is 11.1 Å². The van der Waals surface area contributed by atoms with E-state index in [9.17, 15) is 8.42 Å². The van der Waals surface area contributed by atoms with E-state index in [-0.39, 0.29) is 5.75 Å². The van der Waals surface area contributed by atoms with Crippen LogP contribution < -0.4 is 5.32 Å². The van der Waals surface area contributed by atoms with E-state index in [1.165, 1.54) is 0 Å². The Morgan fingerprint density at radius 2 is 1.80 bits per heavy atom. The number of piperazine rings is 1. The first-order valence-corrected chi connectivity index (χ1v) is 8.51. The molecule has 2 rings (SSSR count). The fourth-order valence-corrected chi connectivity index (χ4v) is 3.90. The maximum absolute atomic E-state index is 12.4. The van der Waals surface area contributed by atoms with Gasteiger partial charge in [-0.05, 0) is 25.2 Å². The Morgan fingerprint density at radius 1 is 1.15 bits per heavy atom. The van der Waals surface area contributed by atoms with Crippen molar-refractivity contribution in [2.45, 2.75) is 12.3 Å². The summed E-state index contributed by atoms with van der Waals surface area (Å²) < 4.78 is 26.5. The molecule has 0 spiro atoms. The van der Waals surface area contributed by atoms with Crippen molar-refractivity contribution in [2.24, 2.45) is 0 Å². The van der Waals surface area contributed by atoms with Crippen molar-refractivity contribution in [3.8, 4) is 0 Å². The molecule has 1 saturated heterocycles. The third-order valence-electron chi connectivity index (χ3n) is 3.58. The lowest BCUT2D eigenvalue weighted by molar-refractivity contribution is 0.222. The summed E-state index contributed by atoms with van der Waals surface area (Å²) >= 11 is 0. The van der Waals surface area contributed by atoms with E-state index < -0.39 is 10.0 Å². The summed E-state index contributed by atoms with van der Waals surface area (Å²) in [4.78, 5) is 2.15. The van der Waals surface area contributed by atoms with Gasteiger partial charge in [-0.3, -0.25) is 0 Å². The summed E-state index contributed by atoms with van der Waals surface area (Å²) in [6.07, 6.45) is 0. The minimum Gasteiger partial charge on any atom is -0.316 e. The number of nitrogens with zero attached hydrogens (tertiary/aromatic N) is 2. The fraction of sp³-hybridized carbons (Fsp3) is 0.571. The van der Waals surface area contributed by atoms with E-state index in [0.717, 1.165) is 30.8 Å². The molecule has 1 N–H and O–H groups in total. The molecule has 20 heavy (non-hydrogen) atoms. The quantitative estimate of drug-likeness (QED) is 0.859. The van der Waals surface area contributed by atoms with E-state index in [4.69, 9.17) is 0 Å². The topological polar surface area (TPSA) is 52.7 Å². The summed E-state index contributed by atoms with van der Waals surface area (Å²) in [5.41, 5.74) is 1.97. The van der Waals surface area contributed by atoms with Gasteiger partial charge in [-0.1, -0.05) is 24.3 Å². The second kappa shape index (κ2) is 6.67. The minimum absolute atomic E-state index is 0.0915. The monoisotopic (exact) mass is 297 g/mol. The molecule has 0 aliphatic carbocycles. The molecule has 1 aliphatic heterocycles. The van der Waals surface area contributed by atoms with Gasteiger partial charge in [0.05, 0.1) is 5.75 Å². The molecule has 1 heterocycles. The molecule has 1 aromatic carbocycles. The van der Waals surface area contributed by atoms with Gasteiger partial charge in [-0.2, -0.15) is 4.31 Å². The second-order valence-corrected chi connectivity index (χ2v) is 7.28. The third-order valence-corrected chi connectivity index (χ3v) is 5.43. The molecule has 5 nitrogen and oxygen atoms in total. The second-order valence-electron chi connectivity index (χ2n) is 5.31. The molecule has 112 valence electrons. The third kappa shape index (κ3) is 4.02. The van der Waals surface area contributed by atoms with Gasteiger partial charge in [-0.25, -0.2) is 8.42 Å². The highest BCUT2D eigenvalue weighted by atomic mass is 32.2. The summed E-state index contributed by atoms with van der Waals surface area (Å²) in [6, 6.07) is 7.76. The maximum Gasteiger partial charge on any atom is 0.218 e. The Morgan fingerprint density at radius 3 is 2.45 bits per heavy atom. The summed E-state index contributed by atoms with van der Waals surface area (Å²) in [7, 11) is 0.696. The summed E-state index contributed by atoms with van der Waals surface area (Å²) in [6.45, 7) is 3.55. The molecule has 1 aromatic rings. The lowest BCUT2D eigenvalue weighted by Gasteiger charge is -2.31. The van der Waals surface area contributed by atoms with Gasteiger partial charge in [0.2, 0.25) is 10.0 Å². The molecule has 0 bridgehead atoms. The Kier molecular flexibility index (Phi) is 5.15. The van der Waals surface area contributed by atoms with Crippen LogP contribution in [0.2, 0.25) is 0 Å². The van der Waals surface area contributed by atoms with Crippen LogP contribution in [0.4, 0.5) is 0 Å². The van der Waals surface area contributed by atoms with Crippen molar-refractivity contribution >= 4 is 10.0 Å². The number of benzene rings is 1. The summed E-state index contributed by atoms with van der Waals surface area (Å²) in [5, 5.41) is 3.08. The zero-order chi connectivity index (χ0) is 14.6. The molecule has 0 radical (unpaired) electrons. The molecular weight excluding hydrogens is 274 g/mol. The van der Waals surface area contributed by atoms with Gasteiger partial charge in [0, 0.05) is 32.7 Å². The number of hydrogen-bond donors (Lipinski definition) is 1. The van der Waals surface area contributed by atoms with Gasteiger partial charge in [0.15, 0.2) is 0 Å². The van der Waals surface area contributed by atoms with E-state index in [1.807, 2.05) is 38.4 Å². The first-order chi connectivity index (χ1) is 9.51. The lowest BCUT2D eigenvalue weighted by Crippen LogP contribution is -2.47. The molecule has 0 amide bonds. The smallest absolute Gasteiger partial charge is 0.218 e. The normalized spacial score (nSPS) is 18.3. The molecule has 0 atom stereocenters. The van der Waals surface area contributed by atoms with Crippen molar-refractivity contribution in [2.75, 3.05) is 40.3 Å². The van der Waals surface area contributed by atoms with Crippen LogP contribution in [0.25, 0.3) is 0 Å². The van der Waals surface area contributed by atoms with Crippen molar-refractivity contribution in [3.63, 3.8) is 0 Å². The fourth-order valence-electron chi connectivity index (χ4n) is 2.40. The standard InChI is InChI=1S/C14H23N3O2S/c1-15-11-13-4-3-5-14(10-13)12-20(18,19)17-8-6-16(2)7-9-17/h3-5,10,15H,6-9,11-12H2,1-2H3. The van der Waals surface area contributed by atoms with E-state index >= 15 is 0 Å². The highest BCUT2D eigenvalue weighted by molar-refractivity contribution is 7.88. The predicted molar refractivity (Wildman–Crippen MR) is 80.9 cm³/mol. The number of rotatable bonds is 5. The zero-order valence-electron chi connectivity index (χ0n) is 12.2. The van der Waals surface area contributed by atoms with Gasteiger partial charge < -0.3 is 10.2 Å². The lowest BCUT2D eigenvalue weighted by atomic mass is 10.1. The molecule has 1 fully saturated rings. The molecule has 0 saturated carbocycles. The van der Waals surface area contributed by atoms with Crippen molar-refractivity contribution < 1.29 is 8.42 Å². The highest BCUT2D eigenvalue weighted by Gasteiger charge is 2.25. The molecular formula is C14H23N3O2S. The average molecular weight is 297 g/mol. The van der Waals surface area contributed by atoms with Crippen LogP contribution in [-0.2, 0) is 22.3 Å². The van der Waals surface area contributed by atoms with Crippen molar-refractivity contribution in [3.05, 3.63) is 35.4 Å². The maximum atomic E-state index is 12.4. The van der Waals surface area contributed by atoms with Gasteiger partial charge in [0.25, 0.3) is 0 Å². The van der Waals surface area contributed by atoms with E-state index in [1.54, 1.807) is 4.31 Å². The number of hydrogen-bond acceptors (Lipinski definition) is 4. The SMILES string of the molecule is CNCc1cccc(CS(=O)(=O)N2CCN(C)CC2)c1. The van der Waals surface area contributed by atoms with Crippen molar-refractivity contribution in [1.29, 1.82) is 0 Å². The number of likely N-dealkylation sites (N-methyl/N-ethyl adjacent to an activating group) is 1. The van der Waals surface area contributed by atoms with Crippen LogP contribution in [-0.4, -0.2) is 57.9 Å². The van der Waals surface area contributed by atoms with Crippen LogP contribution in [0.5, 0.6) is 0 Å². The minimum atomic E-state index is -3.21. The predicted octanol–water partition coefficient (Wildman–Crippen LogP) is 0.483. The van der Waals surface area contributed by atoms with Crippen LogP contribution in [0.15, 0.2) is 24.3 Å². The Balaban J connectivity index is 2.06. The van der Waals surface area contributed by atoms with Crippen LogP contribution in [0, 0.1) is 0 Å². The number of nitrogens with one attached hydrogen (secondary N) is 1. The van der Waals surface area contributed by atoms with Gasteiger partial charge in [0.1, 0.15) is 0 Å². The zero-order valence-corrected chi connectivity index (χ0v) is 13.0. The van der Waals surface area contributed by atoms with Crippen LogP contribution >= 0.6 is 0 Å². The van der Waals surface area contributed by atoms with Gasteiger partial charge >= 0.3 is 0 Å². The molecule has 6 heteroatoms. The Labute approximate surface area is 121 Å². The summed E-state index contributed by atoms with van der Waals surface area (Å²) in [5.74, 6) is 0.0915. The molecule has 1 aliphatic rings. The molecule has 0 unspecified atom stereocenters. The number of sulfonamides is 1. The van der Waals surface area contributed by atoms with Crippen molar-refractivity contribution in [1.82, 2.24) is 14.5 Å². The van der Waals surface area contributed by atoms with E-state index in [0.29, 0.717) is 13.1 Å². The first-order valence-electron chi connectivity index (χ1n) is 6.90. The Hall–Kier alpha value is -0.950. The highest BCUT2D eigenvalue weighted by Crippen LogP contribution is 2.14. The molecule has 0 aromatic heterocycles.